The molecule has 0 saturated carbocycles. The van der Waals surface area contributed by atoms with E-state index in [0.29, 0.717) is 12.5 Å². The highest BCUT2D eigenvalue weighted by Gasteiger charge is 2.46. The first-order chi connectivity index (χ1) is 11.8. The van der Waals surface area contributed by atoms with Gasteiger partial charge in [0.15, 0.2) is 0 Å². The summed E-state index contributed by atoms with van der Waals surface area (Å²) in [6.45, 7) is 4.51. The van der Waals surface area contributed by atoms with Gasteiger partial charge in [0.25, 0.3) is 0 Å². The molecule has 4 heterocycles. The summed E-state index contributed by atoms with van der Waals surface area (Å²) in [4.78, 5) is 6.79. The van der Waals surface area contributed by atoms with E-state index in [1.165, 1.54) is 5.56 Å². The maximum absolute atomic E-state index is 6.11. The molecule has 24 heavy (non-hydrogen) atoms. The van der Waals surface area contributed by atoms with Crippen molar-refractivity contribution in [1.82, 2.24) is 9.88 Å². The van der Waals surface area contributed by atoms with E-state index in [2.05, 4.69) is 9.88 Å². The van der Waals surface area contributed by atoms with Crippen LogP contribution in [0.2, 0.25) is 0 Å². The van der Waals surface area contributed by atoms with Gasteiger partial charge in [-0.25, -0.2) is 4.98 Å². The smallest absolute Gasteiger partial charge is 0.213 e. The minimum atomic E-state index is 0.0533. The second-order valence-electron chi connectivity index (χ2n) is 6.91. The molecule has 5 heteroatoms. The fraction of sp³-hybridized carbons (Fsp3) is 0.526. The van der Waals surface area contributed by atoms with Gasteiger partial charge in [-0.1, -0.05) is 6.07 Å². The minimum absolute atomic E-state index is 0.0533. The Labute approximate surface area is 142 Å². The largest absolute Gasteiger partial charge is 0.477 e. The summed E-state index contributed by atoms with van der Waals surface area (Å²) in [5, 5.41) is 0. The lowest BCUT2D eigenvalue weighted by atomic mass is 9.73. The van der Waals surface area contributed by atoms with Gasteiger partial charge in [0.05, 0.1) is 25.2 Å². The van der Waals surface area contributed by atoms with Crippen molar-refractivity contribution in [2.45, 2.75) is 31.9 Å². The molecule has 2 saturated heterocycles. The molecule has 2 aliphatic heterocycles. The number of piperidine rings is 1. The zero-order valence-corrected chi connectivity index (χ0v) is 13.9. The van der Waals surface area contributed by atoms with Crippen molar-refractivity contribution < 1.29 is 13.9 Å². The van der Waals surface area contributed by atoms with E-state index in [-0.39, 0.29) is 11.5 Å². The Morgan fingerprint density at radius 2 is 2.33 bits per heavy atom. The minimum Gasteiger partial charge on any atom is -0.477 e. The summed E-state index contributed by atoms with van der Waals surface area (Å²) < 4.78 is 17.4. The zero-order valence-electron chi connectivity index (χ0n) is 13.9. The first-order valence-corrected chi connectivity index (χ1v) is 8.73. The Balaban J connectivity index is 1.47. The van der Waals surface area contributed by atoms with Gasteiger partial charge in [0.1, 0.15) is 0 Å². The molecule has 5 nitrogen and oxygen atoms in total. The number of hydrogen-bond acceptors (Lipinski definition) is 5. The van der Waals surface area contributed by atoms with Crippen LogP contribution in [0.15, 0.2) is 47.4 Å². The van der Waals surface area contributed by atoms with Gasteiger partial charge in [0, 0.05) is 49.5 Å². The van der Waals surface area contributed by atoms with E-state index < -0.39 is 0 Å². The standard InChI is InChI=1S/C19H24N2O3/c1-2-8-20-18(4-1)24-15-19-7-3-10-23-17(19)5-9-21(14-19)12-16-6-11-22-13-16/h1-2,4,6,8,11,13,17H,3,5,7,9-10,12,14-15H2/t17-,19-/m1/s1. The fourth-order valence-electron chi connectivity index (χ4n) is 4.02. The third-order valence-electron chi connectivity index (χ3n) is 5.20. The molecule has 0 amide bonds. The Bertz CT molecular complexity index is 631. The van der Waals surface area contributed by atoms with Crippen molar-refractivity contribution in [2.75, 3.05) is 26.3 Å². The van der Waals surface area contributed by atoms with Crippen LogP contribution in [0.1, 0.15) is 24.8 Å². The molecule has 0 bridgehead atoms. The van der Waals surface area contributed by atoms with Crippen LogP contribution in [0.5, 0.6) is 5.88 Å². The van der Waals surface area contributed by atoms with E-state index >= 15 is 0 Å². The molecule has 0 N–H and O–H groups in total. The van der Waals surface area contributed by atoms with Crippen LogP contribution in [0.4, 0.5) is 0 Å². The fourth-order valence-corrected chi connectivity index (χ4v) is 4.02. The van der Waals surface area contributed by atoms with Crippen molar-refractivity contribution in [3.63, 3.8) is 0 Å². The van der Waals surface area contributed by atoms with Crippen LogP contribution in [-0.2, 0) is 11.3 Å². The van der Waals surface area contributed by atoms with E-state index in [1.54, 1.807) is 12.5 Å². The molecule has 0 unspecified atom stereocenters. The first-order valence-electron chi connectivity index (χ1n) is 8.73. The van der Waals surface area contributed by atoms with Crippen LogP contribution in [-0.4, -0.2) is 42.3 Å². The lowest BCUT2D eigenvalue weighted by Gasteiger charge is -2.50. The normalized spacial score (nSPS) is 27.6. The SMILES string of the molecule is c1ccc(OC[C@]23CCCO[C@@H]2CCN(Cc2ccoc2)C3)nc1. The number of fused-ring (bicyclic) bond motifs is 1. The van der Waals surface area contributed by atoms with E-state index in [4.69, 9.17) is 13.9 Å². The number of pyridine rings is 1. The Kier molecular flexibility index (Phi) is 4.54. The molecule has 2 aromatic rings. The molecule has 0 radical (unpaired) electrons. The monoisotopic (exact) mass is 328 g/mol. The lowest BCUT2D eigenvalue weighted by Crippen LogP contribution is -2.57. The maximum atomic E-state index is 6.11. The van der Waals surface area contributed by atoms with Gasteiger partial charge in [-0.05, 0) is 31.4 Å². The van der Waals surface area contributed by atoms with Gasteiger partial charge in [-0.2, -0.15) is 0 Å². The molecule has 0 aliphatic carbocycles. The van der Waals surface area contributed by atoms with Gasteiger partial charge < -0.3 is 13.9 Å². The van der Waals surface area contributed by atoms with E-state index in [9.17, 15) is 0 Å². The first kappa shape index (κ1) is 15.7. The summed E-state index contributed by atoms with van der Waals surface area (Å²) in [7, 11) is 0. The highest BCUT2D eigenvalue weighted by molar-refractivity contribution is 5.11. The molecular weight excluding hydrogens is 304 g/mol. The van der Waals surface area contributed by atoms with Crippen LogP contribution in [0.25, 0.3) is 0 Å². The Morgan fingerprint density at radius 1 is 1.33 bits per heavy atom. The van der Waals surface area contributed by atoms with Crippen LogP contribution < -0.4 is 4.74 Å². The van der Waals surface area contributed by atoms with E-state index in [0.717, 1.165) is 45.5 Å². The molecule has 2 fully saturated rings. The molecule has 0 spiro atoms. The number of nitrogens with zero attached hydrogens (tertiary/aromatic N) is 2. The number of furan rings is 1. The van der Waals surface area contributed by atoms with Crippen molar-refractivity contribution in [2.24, 2.45) is 5.41 Å². The number of ether oxygens (including phenoxy) is 2. The van der Waals surface area contributed by atoms with Crippen molar-refractivity contribution >= 4 is 0 Å². The predicted molar refractivity (Wildman–Crippen MR) is 89.7 cm³/mol. The quantitative estimate of drug-likeness (QED) is 0.844. The van der Waals surface area contributed by atoms with Gasteiger partial charge >= 0.3 is 0 Å². The van der Waals surface area contributed by atoms with Crippen LogP contribution >= 0.6 is 0 Å². The molecule has 2 aliphatic rings. The van der Waals surface area contributed by atoms with Crippen LogP contribution in [0, 0.1) is 5.41 Å². The number of aromatic nitrogens is 1. The van der Waals surface area contributed by atoms with Crippen LogP contribution in [0.3, 0.4) is 0 Å². The molecule has 4 rings (SSSR count). The summed E-state index contributed by atoms with van der Waals surface area (Å²) in [6.07, 6.45) is 8.94. The van der Waals surface area contributed by atoms with Crippen molar-refractivity contribution in [1.29, 1.82) is 0 Å². The summed E-state index contributed by atoms with van der Waals surface area (Å²) in [5.41, 5.74) is 1.28. The number of rotatable bonds is 5. The summed E-state index contributed by atoms with van der Waals surface area (Å²) >= 11 is 0. The Morgan fingerprint density at radius 3 is 3.17 bits per heavy atom. The number of hydrogen-bond donors (Lipinski definition) is 0. The van der Waals surface area contributed by atoms with Gasteiger partial charge in [-0.15, -0.1) is 0 Å². The lowest BCUT2D eigenvalue weighted by molar-refractivity contribution is -0.141. The van der Waals surface area contributed by atoms with Crippen molar-refractivity contribution in [3.05, 3.63) is 48.6 Å². The third kappa shape index (κ3) is 3.32. The molecular formula is C19H24N2O3. The van der Waals surface area contributed by atoms with Crippen molar-refractivity contribution in [3.8, 4) is 5.88 Å². The third-order valence-corrected chi connectivity index (χ3v) is 5.20. The van der Waals surface area contributed by atoms with Gasteiger partial charge in [0.2, 0.25) is 5.88 Å². The molecule has 2 atom stereocenters. The Hall–Kier alpha value is -1.85. The molecule has 0 aromatic carbocycles. The molecule has 128 valence electrons. The topological polar surface area (TPSA) is 47.7 Å². The zero-order chi connectivity index (χ0) is 16.2. The van der Waals surface area contributed by atoms with Gasteiger partial charge in [-0.3, -0.25) is 4.90 Å². The maximum Gasteiger partial charge on any atom is 0.213 e. The second-order valence-corrected chi connectivity index (χ2v) is 6.91. The molecule has 2 aromatic heterocycles. The average Bonchev–Trinajstić information content (AvgIpc) is 3.14. The second kappa shape index (κ2) is 6.95. The summed E-state index contributed by atoms with van der Waals surface area (Å²) in [5.74, 6) is 0.697. The average molecular weight is 328 g/mol. The highest BCUT2D eigenvalue weighted by Crippen LogP contribution is 2.40. The number of likely N-dealkylation sites (tertiary alicyclic amines) is 1. The van der Waals surface area contributed by atoms with E-state index in [1.807, 2.05) is 30.5 Å². The highest BCUT2D eigenvalue weighted by atomic mass is 16.5. The summed E-state index contributed by atoms with van der Waals surface area (Å²) in [6, 6.07) is 7.83. The predicted octanol–water partition coefficient (Wildman–Crippen LogP) is 3.12.